The van der Waals surface area contributed by atoms with Gasteiger partial charge in [-0.25, -0.2) is 4.39 Å². The molecule has 0 aromatic heterocycles. The Morgan fingerprint density at radius 1 is 1.33 bits per heavy atom. The highest BCUT2D eigenvalue weighted by molar-refractivity contribution is 5.23. The Bertz CT molecular complexity index is 307. The summed E-state index contributed by atoms with van der Waals surface area (Å²) in [5.74, 6) is 0.605. The van der Waals surface area contributed by atoms with Crippen molar-refractivity contribution >= 4 is 0 Å². The van der Waals surface area contributed by atoms with Gasteiger partial charge in [0.15, 0.2) is 0 Å². The zero-order valence-corrected chi connectivity index (χ0v) is 9.81. The fourth-order valence-electron chi connectivity index (χ4n) is 1.44. The molecule has 0 spiro atoms. The molecule has 0 unspecified atom stereocenters. The van der Waals surface area contributed by atoms with Crippen LogP contribution >= 0.6 is 0 Å². The molecule has 2 heteroatoms. The first-order valence-electron chi connectivity index (χ1n) is 5.55. The van der Waals surface area contributed by atoms with E-state index in [1.165, 1.54) is 12.5 Å². The molecule has 1 nitrogen and oxygen atoms in total. The predicted octanol–water partition coefficient (Wildman–Crippen LogP) is 3.27. The number of halogens is 1. The van der Waals surface area contributed by atoms with Gasteiger partial charge in [-0.3, -0.25) is 0 Å². The first-order valence-corrected chi connectivity index (χ1v) is 5.55. The molecule has 0 saturated carbocycles. The van der Waals surface area contributed by atoms with Gasteiger partial charge in [-0.05, 0) is 43.0 Å². The van der Waals surface area contributed by atoms with E-state index < -0.39 is 0 Å². The molecule has 0 aliphatic rings. The van der Waals surface area contributed by atoms with Crippen molar-refractivity contribution in [1.29, 1.82) is 0 Å². The van der Waals surface area contributed by atoms with E-state index in [1.54, 1.807) is 6.92 Å². The monoisotopic (exact) mass is 209 g/mol. The van der Waals surface area contributed by atoms with Crippen LogP contribution in [0.3, 0.4) is 0 Å². The van der Waals surface area contributed by atoms with Gasteiger partial charge in [0.1, 0.15) is 5.82 Å². The van der Waals surface area contributed by atoms with Crippen molar-refractivity contribution in [2.24, 2.45) is 5.92 Å². The Morgan fingerprint density at radius 2 is 2.07 bits per heavy atom. The summed E-state index contributed by atoms with van der Waals surface area (Å²) in [4.78, 5) is 0. The van der Waals surface area contributed by atoms with E-state index in [1.807, 2.05) is 12.1 Å². The average Bonchev–Trinajstić information content (AvgIpc) is 2.18. The fourth-order valence-corrected chi connectivity index (χ4v) is 1.44. The summed E-state index contributed by atoms with van der Waals surface area (Å²) in [6.07, 6.45) is 1.18. The fraction of sp³-hybridized carbons (Fsp3) is 0.538. The summed E-state index contributed by atoms with van der Waals surface area (Å²) < 4.78 is 13.0. The number of rotatable bonds is 5. The molecule has 1 N–H and O–H groups in total. The van der Waals surface area contributed by atoms with E-state index in [4.69, 9.17) is 0 Å². The minimum atomic E-state index is -0.124. The summed E-state index contributed by atoms with van der Waals surface area (Å²) in [6.45, 7) is 8.07. The Labute approximate surface area is 91.7 Å². The van der Waals surface area contributed by atoms with Crippen LogP contribution in [0.5, 0.6) is 0 Å². The Hall–Kier alpha value is -0.890. The highest BCUT2D eigenvalue weighted by Crippen LogP contribution is 2.09. The van der Waals surface area contributed by atoms with Crippen molar-refractivity contribution in [2.45, 2.75) is 33.7 Å². The molecule has 84 valence electrons. The number of benzene rings is 1. The third-order valence-electron chi connectivity index (χ3n) is 2.45. The number of nitrogens with one attached hydrogen (secondary N) is 1. The molecule has 0 atom stereocenters. The van der Waals surface area contributed by atoms with Crippen molar-refractivity contribution in [2.75, 3.05) is 6.54 Å². The predicted molar refractivity (Wildman–Crippen MR) is 62.3 cm³/mol. The highest BCUT2D eigenvalue weighted by atomic mass is 19.1. The van der Waals surface area contributed by atoms with Crippen LogP contribution in [-0.4, -0.2) is 6.54 Å². The molecular formula is C13H20FN. The largest absolute Gasteiger partial charge is 0.313 e. The maximum atomic E-state index is 13.0. The van der Waals surface area contributed by atoms with Gasteiger partial charge in [0.25, 0.3) is 0 Å². The summed E-state index contributed by atoms with van der Waals surface area (Å²) >= 11 is 0. The second-order valence-corrected chi connectivity index (χ2v) is 4.44. The van der Waals surface area contributed by atoms with E-state index in [0.29, 0.717) is 0 Å². The molecule has 0 aliphatic heterocycles. The van der Waals surface area contributed by atoms with Crippen LogP contribution in [-0.2, 0) is 6.54 Å². The number of hydrogen-bond acceptors (Lipinski definition) is 1. The summed E-state index contributed by atoms with van der Waals surface area (Å²) in [6, 6.07) is 5.28. The molecular weight excluding hydrogens is 189 g/mol. The SMILES string of the molecule is Cc1cc(CNCCC(C)C)ccc1F. The van der Waals surface area contributed by atoms with Gasteiger partial charge >= 0.3 is 0 Å². The van der Waals surface area contributed by atoms with E-state index in [9.17, 15) is 4.39 Å². The van der Waals surface area contributed by atoms with Crippen LogP contribution in [0.15, 0.2) is 18.2 Å². The summed E-state index contributed by atoms with van der Waals surface area (Å²) in [5.41, 5.74) is 1.87. The third kappa shape index (κ3) is 4.43. The maximum absolute atomic E-state index is 13.0. The lowest BCUT2D eigenvalue weighted by Crippen LogP contribution is -2.16. The molecule has 1 aromatic carbocycles. The second kappa shape index (κ2) is 5.86. The average molecular weight is 209 g/mol. The number of aryl methyl sites for hydroxylation is 1. The van der Waals surface area contributed by atoms with Crippen molar-refractivity contribution in [3.63, 3.8) is 0 Å². The Kier molecular flexibility index (Phi) is 4.76. The van der Waals surface area contributed by atoms with Gasteiger partial charge in [0.2, 0.25) is 0 Å². The molecule has 0 radical (unpaired) electrons. The molecule has 15 heavy (non-hydrogen) atoms. The zero-order valence-electron chi connectivity index (χ0n) is 9.81. The van der Waals surface area contributed by atoms with Crippen LogP contribution in [0.1, 0.15) is 31.4 Å². The van der Waals surface area contributed by atoms with Crippen molar-refractivity contribution in [1.82, 2.24) is 5.32 Å². The van der Waals surface area contributed by atoms with E-state index in [0.717, 1.165) is 30.1 Å². The molecule has 0 fully saturated rings. The molecule has 0 aliphatic carbocycles. The lowest BCUT2D eigenvalue weighted by Gasteiger charge is -2.07. The molecule has 0 bridgehead atoms. The van der Waals surface area contributed by atoms with Crippen molar-refractivity contribution in [3.05, 3.63) is 35.1 Å². The van der Waals surface area contributed by atoms with Crippen LogP contribution < -0.4 is 5.32 Å². The van der Waals surface area contributed by atoms with Gasteiger partial charge in [-0.2, -0.15) is 0 Å². The summed E-state index contributed by atoms with van der Waals surface area (Å²) in [7, 11) is 0. The van der Waals surface area contributed by atoms with Crippen LogP contribution in [0.25, 0.3) is 0 Å². The Balaban J connectivity index is 2.35. The second-order valence-electron chi connectivity index (χ2n) is 4.44. The number of hydrogen-bond donors (Lipinski definition) is 1. The first kappa shape index (κ1) is 12.2. The Morgan fingerprint density at radius 3 is 2.67 bits per heavy atom. The van der Waals surface area contributed by atoms with E-state index in [2.05, 4.69) is 19.2 Å². The molecule has 0 heterocycles. The molecule has 1 rings (SSSR count). The van der Waals surface area contributed by atoms with Crippen molar-refractivity contribution in [3.8, 4) is 0 Å². The molecule has 0 amide bonds. The van der Waals surface area contributed by atoms with E-state index in [-0.39, 0.29) is 5.82 Å². The topological polar surface area (TPSA) is 12.0 Å². The normalized spacial score (nSPS) is 11.0. The first-order chi connectivity index (χ1) is 7.09. The molecule has 1 aromatic rings. The van der Waals surface area contributed by atoms with Gasteiger partial charge in [-0.1, -0.05) is 26.0 Å². The van der Waals surface area contributed by atoms with Gasteiger partial charge < -0.3 is 5.32 Å². The lowest BCUT2D eigenvalue weighted by atomic mass is 10.1. The van der Waals surface area contributed by atoms with E-state index >= 15 is 0 Å². The third-order valence-corrected chi connectivity index (χ3v) is 2.45. The maximum Gasteiger partial charge on any atom is 0.126 e. The van der Waals surface area contributed by atoms with Crippen LogP contribution in [0.4, 0.5) is 4.39 Å². The zero-order chi connectivity index (χ0) is 11.3. The van der Waals surface area contributed by atoms with Crippen LogP contribution in [0.2, 0.25) is 0 Å². The van der Waals surface area contributed by atoms with Gasteiger partial charge in [-0.15, -0.1) is 0 Å². The quantitative estimate of drug-likeness (QED) is 0.734. The minimum Gasteiger partial charge on any atom is -0.313 e. The van der Waals surface area contributed by atoms with Gasteiger partial charge in [0.05, 0.1) is 0 Å². The summed E-state index contributed by atoms with van der Waals surface area (Å²) in [5, 5.41) is 3.36. The van der Waals surface area contributed by atoms with Crippen molar-refractivity contribution < 1.29 is 4.39 Å². The van der Waals surface area contributed by atoms with Crippen LogP contribution in [0, 0.1) is 18.7 Å². The standard InChI is InChI=1S/C13H20FN/c1-10(2)6-7-15-9-12-4-5-13(14)11(3)8-12/h4-5,8,10,15H,6-7,9H2,1-3H3. The highest BCUT2D eigenvalue weighted by Gasteiger charge is 1.99. The lowest BCUT2D eigenvalue weighted by molar-refractivity contribution is 0.537. The smallest absolute Gasteiger partial charge is 0.126 e. The van der Waals surface area contributed by atoms with Gasteiger partial charge in [0, 0.05) is 6.54 Å². The molecule has 0 saturated heterocycles. The minimum absolute atomic E-state index is 0.124.